The maximum atomic E-state index is 11.5. The molecular weight excluding hydrogens is 264 g/mol. The highest BCUT2D eigenvalue weighted by molar-refractivity contribution is 7.91. The molecule has 0 radical (unpaired) electrons. The van der Waals surface area contributed by atoms with Crippen LogP contribution in [-0.2, 0) is 16.3 Å². The van der Waals surface area contributed by atoms with Gasteiger partial charge in [-0.15, -0.1) is 0 Å². The Bertz CT molecular complexity index is 485. The molecule has 0 saturated carbocycles. The topological polar surface area (TPSA) is 81.4 Å². The average Bonchev–Trinajstić information content (AvgIpc) is 2.39. The van der Waals surface area contributed by atoms with Crippen molar-refractivity contribution in [2.24, 2.45) is 5.84 Å². The molecule has 1 aromatic carbocycles. The molecule has 5 nitrogen and oxygen atoms in total. The number of rotatable bonds is 7. The van der Waals surface area contributed by atoms with Gasteiger partial charge in [-0.25, -0.2) is 8.42 Å². The summed E-state index contributed by atoms with van der Waals surface area (Å²) in [5.74, 6) is 6.25. The number of benzene rings is 1. The fraction of sp³-hybridized carbons (Fsp3) is 0.538. The van der Waals surface area contributed by atoms with Crippen LogP contribution in [0.2, 0.25) is 0 Å². The molecule has 0 aliphatic heterocycles. The lowest BCUT2D eigenvalue weighted by atomic mass is 10.0. The summed E-state index contributed by atoms with van der Waals surface area (Å²) >= 11 is 0. The van der Waals surface area contributed by atoms with E-state index in [9.17, 15) is 8.42 Å². The van der Waals surface area contributed by atoms with Gasteiger partial charge < -0.3 is 4.74 Å². The van der Waals surface area contributed by atoms with Crippen molar-refractivity contribution in [3.63, 3.8) is 0 Å². The van der Waals surface area contributed by atoms with E-state index in [-0.39, 0.29) is 6.04 Å². The highest BCUT2D eigenvalue weighted by atomic mass is 32.2. The standard InChI is InChI=1S/C13H22N2O3S/c1-10(19(3,16)17)13(15-14)9-6-11-4-7-12(18-2)8-5-11/h4-5,7-8,10,13,15H,6,9,14H2,1-3H3. The second-order valence-electron chi connectivity index (χ2n) is 4.69. The van der Waals surface area contributed by atoms with E-state index < -0.39 is 15.1 Å². The van der Waals surface area contributed by atoms with E-state index in [0.717, 1.165) is 17.7 Å². The van der Waals surface area contributed by atoms with Crippen molar-refractivity contribution in [2.45, 2.75) is 31.1 Å². The van der Waals surface area contributed by atoms with Crippen LogP contribution in [0.1, 0.15) is 18.9 Å². The quantitative estimate of drug-likeness (QED) is 0.575. The Morgan fingerprint density at radius 2 is 1.89 bits per heavy atom. The van der Waals surface area contributed by atoms with Crippen molar-refractivity contribution in [2.75, 3.05) is 13.4 Å². The molecule has 0 amide bonds. The average molecular weight is 286 g/mol. The first-order chi connectivity index (χ1) is 8.88. The zero-order valence-corrected chi connectivity index (χ0v) is 12.4. The van der Waals surface area contributed by atoms with E-state index in [0.29, 0.717) is 6.42 Å². The molecule has 0 fully saturated rings. The second kappa shape index (κ2) is 6.88. The highest BCUT2D eigenvalue weighted by Crippen LogP contribution is 2.15. The molecular formula is C13H22N2O3S. The number of aryl methyl sites for hydroxylation is 1. The summed E-state index contributed by atoms with van der Waals surface area (Å²) in [7, 11) is -1.47. The van der Waals surface area contributed by atoms with Crippen LogP contribution in [-0.4, -0.2) is 33.1 Å². The summed E-state index contributed by atoms with van der Waals surface area (Å²) in [6, 6.07) is 7.47. The van der Waals surface area contributed by atoms with Crippen molar-refractivity contribution in [1.82, 2.24) is 5.43 Å². The fourth-order valence-corrected chi connectivity index (χ4v) is 2.68. The van der Waals surface area contributed by atoms with Crippen LogP contribution < -0.4 is 16.0 Å². The smallest absolute Gasteiger partial charge is 0.151 e. The largest absolute Gasteiger partial charge is 0.497 e. The second-order valence-corrected chi connectivity index (χ2v) is 7.10. The molecule has 0 heterocycles. The Kier molecular flexibility index (Phi) is 5.78. The van der Waals surface area contributed by atoms with Gasteiger partial charge in [0.15, 0.2) is 9.84 Å². The number of hydrogen-bond acceptors (Lipinski definition) is 5. The molecule has 0 saturated heterocycles. The summed E-state index contributed by atoms with van der Waals surface area (Å²) in [6.07, 6.45) is 2.66. The SMILES string of the molecule is COc1ccc(CCC(NN)C(C)S(C)(=O)=O)cc1. The van der Waals surface area contributed by atoms with Gasteiger partial charge in [0.1, 0.15) is 5.75 Å². The Morgan fingerprint density at radius 1 is 1.32 bits per heavy atom. The van der Waals surface area contributed by atoms with Crippen molar-refractivity contribution in [3.05, 3.63) is 29.8 Å². The lowest BCUT2D eigenvalue weighted by Crippen LogP contribution is -2.46. The number of hydrogen-bond donors (Lipinski definition) is 2. The van der Waals surface area contributed by atoms with E-state index in [4.69, 9.17) is 10.6 Å². The van der Waals surface area contributed by atoms with Gasteiger partial charge >= 0.3 is 0 Å². The molecule has 0 aliphatic rings. The summed E-state index contributed by atoms with van der Waals surface area (Å²) in [5, 5.41) is -0.504. The number of hydrazine groups is 1. The number of methoxy groups -OCH3 is 1. The molecule has 19 heavy (non-hydrogen) atoms. The molecule has 2 unspecified atom stereocenters. The Labute approximate surface area is 115 Å². The van der Waals surface area contributed by atoms with Gasteiger partial charge in [0.2, 0.25) is 0 Å². The predicted molar refractivity (Wildman–Crippen MR) is 76.7 cm³/mol. The van der Waals surface area contributed by atoms with Crippen LogP contribution >= 0.6 is 0 Å². The molecule has 0 spiro atoms. The summed E-state index contributed by atoms with van der Waals surface area (Å²) in [6.45, 7) is 1.67. The monoisotopic (exact) mass is 286 g/mol. The lowest BCUT2D eigenvalue weighted by Gasteiger charge is -2.21. The van der Waals surface area contributed by atoms with Gasteiger partial charge in [-0.3, -0.25) is 11.3 Å². The van der Waals surface area contributed by atoms with Crippen LogP contribution in [0.25, 0.3) is 0 Å². The minimum Gasteiger partial charge on any atom is -0.497 e. The molecule has 0 aromatic heterocycles. The number of nitrogens with two attached hydrogens (primary N) is 1. The predicted octanol–water partition coefficient (Wildman–Crippen LogP) is 0.893. The third-order valence-electron chi connectivity index (χ3n) is 3.36. The van der Waals surface area contributed by atoms with E-state index in [1.807, 2.05) is 24.3 Å². The van der Waals surface area contributed by atoms with Crippen LogP contribution in [0, 0.1) is 0 Å². The van der Waals surface area contributed by atoms with E-state index >= 15 is 0 Å². The summed E-state index contributed by atoms with van der Waals surface area (Å²) in [4.78, 5) is 0. The minimum absolute atomic E-state index is 0.253. The number of nitrogens with one attached hydrogen (secondary N) is 1. The minimum atomic E-state index is -3.09. The van der Waals surface area contributed by atoms with Gasteiger partial charge in [-0.05, 0) is 37.5 Å². The first kappa shape index (κ1) is 15.9. The normalized spacial score (nSPS) is 14.9. The Morgan fingerprint density at radius 3 is 2.32 bits per heavy atom. The molecule has 6 heteroatoms. The van der Waals surface area contributed by atoms with Gasteiger partial charge in [0.25, 0.3) is 0 Å². The van der Waals surface area contributed by atoms with Gasteiger partial charge in [0.05, 0.1) is 12.4 Å². The zero-order valence-electron chi connectivity index (χ0n) is 11.6. The maximum absolute atomic E-state index is 11.5. The van der Waals surface area contributed by atoms with Crippen LogP contribution in [0.4, 0.5) is 0 Å². The van der Waals surface area contributed by atoms with Crippen LogP contribution in [0.5, 0.6) is 5.75 Å². The summed E-state index contributed by atoms with van der Waals surface area (Å²) < 4.78 is 28.1. The van der Waals surface area contributed by atoms with Crippen molar-refractivity contribution >= 4 is 9.84 Å². The van der Waals surface area contributed by atoms with Crippen LogP contribution in [0.15, 0.2) is 24.3 Å². The molecule has 2 atom stereocenters. The maximum Gasteiger partial charge on any atom is 0.151 e. The first-order valence-electron chi connectivity index (χ1n) is 6.16. The van der Waals surface area contributed by atoms with Crippen molar-refractivity contribution in [1.29, 1.82) is 0 Å². The van der Waals surface area contributed by atoms with Gasteiger partial charge in [0, 0.05) is 12.3 Å². The lowest BCUT2D eigenvalue weighted by molar-refractivity contribution is 0.414. The van der Waals surface area contributed by atoms with E-state index in [2.05, 4.69) is 5.43 Å². The van der Waals surface area contributed by atoms with Crippen LogP contribution in [0.3, 0.4) is 0 Å². The Balaban J connectivity index is 2.62. The number of sulfone groups is 1. The third-order valence-corrected chi connectivity index (χ3v) is 5.04. The third kappa shape index (κ3) is 4.81. The van der Waals surface area contributed by atoms with Crippen molar-refractivity contribution < 1.29 is 13.2 Å². The molecule has 0 bridgehead atoms. The molecule has 3 N–H and O–H groups in total. The number of ether oxygens (including phenoxy) is 1. The van der Waals surface area contributed by atoms with Gasteiger partial charge in [-0.2, -0.15) is 0 Å². The van der Waals surface area contributed by atoms with E-state index in [1.165, 1.54) is 6.26 Å². The van der Waals surface area contributed by atoms with Crippen molar-refractivity contribution in [3.8, 4) is 5.75 Å². The zero-order chi connectivity index (χ0) is 14.5. The molecule has 0 aliphatic carbocycles. The molecule has 1 rings (SSSR count). The van der Waals surface area contributed by atoms with E-state index in [1.54, 1.807) is 14.0 Å². The van der Waals surface area contributed by atoms with Gasteiger partial charge in [-0.1, -0.05) is 12.1 Å². The summed E-state index contributed by atoms with van der Waals surface area (Å²) in [5.41, 5.74) is 3.72. The first-order valence-corrected chi connectivity index (χ1v) is 8.12. The fourth-order valence-electron chi connectivity index (χ4n) is 1.87. The Hall–Kier alpha value is -1.11. The molecule has 108 valence electrons. The highest BCUT2D eigenvalue weighted by Gasteiger charge is 2.24. The molecule has 1 aromatic rings.